The third-order valence-electron chi connectivity index (χ3n) is 3.09. The first-order chi connectivity index (χ1) is 7.29. The number of hydrogen-bond acceptors (Lipinski definition) is 3. The van der Waals surface area contributed by atoms with Gasteiger partial charge in [0.1, 0.15) is 5.60 Å². The Morgan fingerprint density at radius 2 is 1.94 bits per heavy atom. The fourth-order valence-corrected chi connectivity index (χ4v) is 2.29. The molecule has 93 valence electrons. The Bertz CT molecular complexity index is 249. The van der Waals surface area contributed by atoms with E-state index in [1.165, 1.54) is 0 Å². The van der Waals surface area contributed by atoms with Crippen molar-refractivity contribution in [3.63, 3.8) is 0 Å². The van der Waals surface area contributed by atoms with Gasteiger partial charge in [0.15, 0.2) is 0 Å². The Morgan fingerprint density at radius 3 is 2.25 bits per heavy atom. The van der Waals surface area contributed by atoms with Crippen molar-refractivity contribution >= 4 is 5.91 Å². The maximum absolute atomic E-state index is 11.5. The van der Waals surface area contributed by atoms with Crippen molar-refractivity contribution in [3.05, 3.63) is 0 Å². The first kappa shape index (κ1) is 13.5. The summed E-state index contributed by atoms with van der Waals surface area (Å²) in [7, 11) is 0. The van der Waals surface area contributed by atoms with Crippen LogP contribution in [0.25, 0.3) is 0 Å². The molecule has 0 saturated heterocycles. The van der Waals surface area contributed by atoms with Crippen LogP contribution in [0.15, 0.2) is 0 Å². The Kier molecular flexibility index (Phi) is 3.97. The second-order valence-corrected chi connectivity index (χ2v) is 5.66. The molecule has 0 spiro atoms. The van der Waals surface area contributed by atoms with E-state index in [0.717, 1.165) is 12.8 Å². The molecule has 2 N–H and O–H groups in total. The van der Waals surface area contributed by atoms with Crippen LogP contribution < -0.4 is 5.73 Å². The van der Waals surface area contributed by atoms with Crippen molar-refractivity contribution in [1.29, 1.82) is 0 Å². The van der Waals surface area contributed by atoms with Gasteiger partial charge in [0, 0.05) is 6.61 Å². The second-order valence-electron chi connectivity index (χ2n) is 5.66. The molecule has 1 rings (SSSR count). The van der Waals surface area contributed by atoms with Gasteiger partial charge in [-0.1, -0.05) is 0 Å². The summed E-state index contributed by atoms with van der Waals surface area (Å²) in [4.78, 5) is 11.5. The molecule has 0 bridgehead atoms. The average Bonchev–Trinajstić information content (AvgIpc) is 2.16. The number of carbonyl (C=O) groups is 1. The number of hydrogen-bond donors (Lipinski definition) is 1. The molecular formula is C12H22NO3. The zero-order valence-electron chi connectivity index (χ0n) is 10.4. The predicted octanol–water partition coefficient (Wildman–Crippen LogP) is 1.53. The number of ether oxygens (including phenoxy) is 1. The van der Waals surface area contributed by atoms with Crippen molar-refractivity contribution in [3.8, 4) is 0 Å². The van der Waals surface area contributed by atoms with Crippen molar-refractivity contribution in [2.24, 2.45) is 5.92 Å². The standard InChI is InChI=1S/C12H22NO3/c1-11(2,3)16-12(10(13)15)6-4-9(8-14)5-7-12/h9,13-14H,4-8H2,1-3H3. The third-order valence-corrected chi connectivity index (χ3v) is 3.09. The fourth-order valence-electron chi connectivity index (χ4n) is 2.29. The highest BCUT2D eigenvalue weighted by Crippen LogP contribution is 2.37. The van der Waals surface area contributed by atoms with Crippen LogP contribution in [0.4, 0.5) is 0 Å². The molecule has 1 saturated carbocycles. The van der Waals surface area contributed by atoms with E-state index in [0.29, 0.717) is 12.8 Å². The molecule has 0 atom stereocenters. The Balaban J connectivity index is 2.73. The van der Waals surface area contributed by atoms with Gasteiger partial charge in [0.2, 0.25) is 0 Å². The third kappa shape index (κ3) is 3.19. The van der Waals surface area contributed by atoms with Gasteiger partial charge in [-0.2, -0.15) is 0 Å². The van der Waals surface area contributed by atoms with Crippen LogP contribution in [-0.2, 0) is 9.53 Å². The van der Waals surface area contributed by atoms with Crippen LogP contribution >= 0.6 is 0 Å². The molecule has 1 aliphatic carbocycles. The van der Waals surface area contributed by atoms with Crippen molar-refractivity contribution < 1.29 is 14.6 Å². The van der Waals surface area contributed by atoms with Gasteiger partial charge in [-0.05, 0) is 52.4 Å². The number of amides is 1. The summed E-state index contributed by atoms with van der Waals surface area (Å²) in [5, 5.41) is 9.06. The summed E-state index contributed by atoms with van der Waals surface area (Å²) >= 11 is 0. The summed E-state index contributed by atoms with van der Waals surface area (Å²) in [5.41, 5.74) is 6.04. The molecule has 0 aromatic carbocycles. The van der Waals surface area contributed by atoms with Crippen LogP contribution in [-0.4, -0.2) is 28.8 Å². The van der Waals surface area contributed by atoms with Crippen LogP contribution in [0.5, 0.6) is 0 Å². The van der Waals surface area contributed by atoms with Gasteiger partial charge < -0.3 is 9.84 Å². The highest BCUT2D eigenvalue weighted by Gasteiger charge is 2.44. The minimum atomic E-state index is -0.941. The Hall–Kier alpha value is -0.610. The maximum atomic E-state index is 11.5. The van der Waals surface area contributed by atoms with E-state index in [2.05, 4.69) is 0 Å². The minimum Gasteiger partial charge on any atom is -0.396 e. The van der Waals surface area contributed by atoms with E-state index in [1.54, 1.807) is 0 Å². The Labute approximate surface area is 97.2 Å². The SMILES string of the molecule is CC(C)(C)OC1(C([NH])=O)CCC(CO)CC1. The lowest BCUT2D eigenvalue weighted by atomic mass is 9.78. The van der Waals surface area contributed by atoms with Gasteiger partial charge in [-0.3, -0.25) is 10.5 Å². The molecule has 16 heavy (non-hydrogen) atoms. The first-order valence-electron chi connectivity index (χ1n) is 5.86. The summed E-state index contributed by atoms with van der Waals surface area (Å²) in [5.74, 6) is -0.366. The Morgan fingerprint density at radius 1 is 1.44 bits per heavy atom. The molecule has 1 fully saturated rings. The molecule has 1 aliphatic rings. The maximum Gasteiger partial charge on any atom is 0.270 e. The van der Waals surface area contributed by atoms with E-state index >= 15 is 0 Å². The van der Waals surface area contributed by atoms with E-state index in [9.17, 15) is 4.79 Å². The number of carbonyl (C=O) groups excluding carboxylic acids is 1. The lowest BCUT2D eigenvalue weighted by Crippen LogP contribution is -2.50. The van der Waals surface area contributed by atoms with E-state index in [4.69, 9.17) is 15.6 Å². The molecular weight excluding hydrogens is 206 g/mol. The smallest absolute Gasteiger partial charge is 0.270 e. The lowest BCUT2D eigenvalue weighted by molar-refractivity contribution is -0.175. The van der Waals surface area contributed by atoms with Crippen molar-refractivity contribution in [1.82, 2.24) is 5.73 Å². The van der Waals surface area contributed by atoms with E-state index in [1.807, 2.05) is 20.8 Å². The summed E-state index contributed by atoms with van der Waals surface area (Å²) in [6, 6.07) is 0. The zero-order valence-corrected chi connectivity index (χ0v) is 10.4. The zero-order chi connectivity index (χ0) is 12.4. The van der Waals surface area contributed by atoms with Gasteiger partial charge >= 0.3 is 0 Å². The van der Waals surface area contributed by atoms with Crippen LogP contribution in [0.3, 0.4) is 0 Å². The molecule has 4 nitrogen and oxygen atoms in total. The molecule has 0 unspecified atom stereocenters. The van der Waals surface area contributed by atoms with Crippen LogP contribution in [0.2, 0.25) is 0 Å². The molecule has 1 radical (unpaired) electrons. The fraction of sp³-hybridized carbons (Fsp3) is 0.917. The number of aliphatic hydroxyl groups excluding tert-OH is 1. The highest BCUT2D eigenvalue weighted by atomic mass is 16.5. The second kappa shape index (κ2) is 4.72. The normalized spacial score (nSPS) is 31.4. The highest BCUT2D eigenvalue weighted by molar-refractivity contribution is 5.83. The number of nitrogens with one attached hydrogen (secondary N) is 1. The monoisotopic (exact) mass is 228 g/mol. The van der Waals surface area contributed by atoms with Gasteiger partial charge in [0.05, 0.1) is 5.60 Å². The predicted molar refractivity (Wildman–Crippen MR) is 60.7 cm³/mol. The first-order valence-corrected chi connectivity index (χ1v) is 5.86. The average molecular weight is 228 g/mol. The molecule has 0 aromatic rings. The topological polar surface area (TPSA) is 70.3 Å². The molecule has 0 heterocycles. The quantitative estimate of drug-likeness (QED) is 0.796. The summed E-state index contributed by atoms with van der Waals surface area (Å²) < 4.78 is 5.80. The molecule has 4 heteroatoms. The largest absolute Gasteiger partial charge is 0.396 e. The van der Waals surface area contributed by atoms with Crippen molar-refractivity contribution in [2.75, 3.05) is 6.61 Å². The van der Waals surface area contributed by atoms with E-state index < -0.39 is 17.1 Å². The van der Waals surface area contributed by atoms with Crippen LogP contribution in [0.1, 0.15) is 46.5 Å². The lowest BCUT2D eigenvalue weighted by Gasteiger charge is -2.41. The number of aliphatic hydroxyl groups is 1. The minimum absolute atomic E-state index is 0.164. The number of rotatable bonds is 3. The van der Waals surface area contributed by atoms with Gasteiger partial charge in [-0.25, -0.2) is 0 Å². The van der Waals surface area contributed by atoms with Gasteiger partial charge in [-0.15, -0.1) is 0 Å². The van der Waals surface area contributed by atoms with E-state index in [-0.39, 0.29) is 12.5 Å². The summed E-state index contributed by atoms with van der Waals surface area (Å²) in [6.07, 6.45) is 2.63. The van der Waals surface area contributed by atoms with Crippen LogP contribution in [0, 0.1) is 5.92 Å². The molecule has 0 aliphatic heterocycles. The molecule has 1 amide bonds. The van der Waals surface area contributed by atoms with Crippen molar-refractivity contribution in [2.45, 2.75) is 57.7 Å². The summed E-state index contributed by atoms with van der Waals surface area (Å²) in [6.45, 7) is 5.86. The van der Waals surface area contributed by atoms with Gasteiger partial charge in [0.25, 0.3) is 5.91 Å². The molecule has 0 aromatic heterocycles.